The lowest BCUT2D eigenvalue weighted by atomic mass is 10.1. The number of carbonyl (C=O) groups is 1. The number of ether oxygens (including phenoxy) is 1. The lowest BCUT2D eigenvalue weighted by Crippen LogP contribution is -2.14. The molecule has 0 aromatic carbocycles. The Morgan fingerprint density at radius 1 is 1.48 bits per heavy atom. The molecule has 2 atom stereocenters. The van der Waals surface area contributed by atoms with Crippen LogP contribution in [-0.2, 0) is 16.0 Å². The van der Waals surface area contributed by atoms with Gasteiger partial charge in [0.05, 0.1) is 31.0 Å². The Kier molecular flexibility index (Phi) is 4.76. The van der Waals surface area contributed by atoms with Crippen LogP contribution in [0.4, 0.5) is 5.82 Å². The van der Waals surface area contributed by atoms with Crippen LogP contribution in [0.25, 0.3) is 5.65 Å². The number of hydrogen-bond acceptors (Lipinski definition) is 6. The third kappa shape index (κ3) is 3.98. The molecule has 1 saturated carbocycles. The van der Waals surface area contributed by atoms with Gasteiger partial charge in [-0.15, -0.1) is 5.10 Å². The summed E-state index contributed by atoms with van der Waals surface area (Å²) in [5, 5.41) is 17.3. The van der Waals surface area contributed by atoms with Gasteiger partial charge in [0.1, 0.15) is 5.82 Å². The molecule has 7 heteroatoms. The van der Waals surface area contributed by atoms with Gasteiger partial charge in [-0.05, 0) is 44.2 Å². The molecule has 2 heterocycles. The number of carbonyl (C=O) groups excluding carboxylic acids is 1. The second-order valence-corrected chi connectivity index (χ2v) is 5.95. The van der Waals surface area contributed by atoms with Gasteiger partial charge in [0, 0.05) is 6.54 Å². The van der Waals surface area contributed by atoms with Crippen molar-refractivity contribution in [3.05, 3.63) is 24.0 Å². The molecule has 0 amide bonds. The summed E-state index contributed by atoms with van der Waals surface area (Å²) in [6.07, 6.45) is 4.53. The minimum Gasteiger partial charge on any atom is -0.466 e. The number of esters is 1. The van der Waals surface area contributed by atoms with Crippen LogP contribution < -0.4 is 5.32 Å². The number of aliphatic hydroxyl groups excluding tert-OH is 1. The standard InChI is InChI=1S/C16H22N4O3/c1-2-23-16(22)8-12-10-20-15(18-12)6-5-14(19-20)17-9-11-3-4-13(21)7-11/h5-6,10-11,13,21H,2-4,7-9H2,1H3,(H,17,19). The number of aliphatic hydroxyl groups is 1. The van der Waals surface area contributed by atoms with Crippen molar-refractivity contribution in [2.45, 2.75) is 38.7 Å². The summed E-state index contributed by atoms with van der Waals surface area (Å²) in [6, 6.07) is 3.75. The van der Waals surface area contributed by atoms with Gasteiger partial charge < -0.3 is 15.2 Å². The van der Waals surface area contributed by atoms with E-state index in [0.29, 0.717) is 23.9 Å². The Balaban J connectivity index is 1.63. The monoisotopic (exact) mass is 318 g/mol. The van der Waals surface area contributed by atoms with E-state index in [-0.39, 0.29) is 18.5 Å². The number of imidazole rings is 1. The summed E-state index contributed by atoms with van der Waals surface area (Å²) in [4.78, 5) is 15.9. The number of nitrogens with zero attached hydrogens (tertiary/aromatic N) is 3. The molecule has 0 saturated heterocycles. The van der Waals surface area contributed by atoms with Crippen molar-refractivity contribution >= 4 is 17.4 Å². The van der Waals surface area contributed by atoms with E-state index in [2.05, 4.69) is 15.4 Å². The second kappa shape index (κ2) is 6.95. The van der Waals surface area contributed by atoms with Gasteiger partial charge in [0.2, 0.25) is 0 Å². The third-order valence-electron chi connectivity index (χ3n) is 4.09. The smallest absolute Gasteiger partial charge is 0.311 e. The fourth-order valence-corrected chi connectivity index (χ4v) is 2.95. The maximum absolute atomic E-state index is 11.5. The van der Waals surface area contributed by atoms with Crippen molar-refractivity contribution < 1.29 is 14.6 Å². The quantitative estimate of drug-likeness (QED) is 0.783. The van der Waals surface area contributed by atoms with Gasteiger partial charge in [-0.25, -0.2) is 9.50 Å². The molecule has 2 aromatic rings. The molecule has 23 heavy (non-hydrogen) atoms. The van der Waals surface area contributed by atoms with Crippen molar-refractivity contribution in [2.75, 3.05) is 18.5 Å². The fraction of sp³-hybridized carbons (Fsp3) is 0.562. The zero-order chi connectivity index (χ0) is 16.2. The van der Waals surface area contributed by atoms with Crippen molar-refractivity contribution in [2.24, 2.45) is 5.92 Å². The van der Waals surface area contributed by atoms with Gasteiger partial charge >= 0.3 is 5.97 Å². The molecule has 1 fully saturated rings. The number of aromatic nitrogens is 3. The normalized spacial score (nSPS) is 20.8. The molecule has 3 rings (SSSR count). The van der Waals surface area contributed by atoms with E-state index in [1.807, 2.05) is 12.1 Å². The Labute approximate surface area is 134 Å². The summed E-state index contributed by atoms with van der Waals surface area (Å²) < 4.78 is 6.60. The predicted octanol–water partition coefficient (Wildman–Crippen LogP) is 1.41. The lowest BCUT2D eigenvalue weighted by molar-refractivity contribution is -0.142. The molecular weight excluding hydrogens is 296 g/mol. The summed E-state index contributed by atoms with van der Waals surface area (Å²) in [6.45, 7) is 2.96. The van der Waals surface area contributed by atoms with Gasteiger partial charge in [-0.1, -0.05) is 0 Å². The molecule has 124 valence electrons. The zero-order valence-electron chi connectivity index (χ0n) is 13.2. The zero-order valence-corrected chi connectivity index (χ0v) is 13.2. The van der Waals surface area contributed by atoms with Crippen LogP contribution in [0, 0.1) is 5.92 Å². The van der Waals surface area contributed by atoms with E-state index >= 15 is 0 Å². The Morgan fingerprint density at radius 2 is 2.35 bits per heavy atom. The van der Waals surface area contributed by atoms with E-state index < -0.39 is 0 Å². The van der Waals surface area contributed by atoms with E-state index in [4.69, 9.17) is 4.74 Å². The van der Waals surface area contributed by atoms with Gasteiger partial charge in [-0.2, -0.15) is 0 Å². The van der Waals surface area contributed by atoms with Gasteiger partial charge in [0.25, 0.3) is 0 Å². The topological polar surface area (TPSA) is 88.8 Å². The molecule has 0 aliphatic heterocycles. The number of fused-ring (bicyclic) bond motifs is 1. The highest BCUT2D eigenvalue weighted by Gasteiger charge is 2.22. The largest absolute Gasteiger partial charge is 0.466 e. The van der Waals surface area contributed by atoms with Crippen molar-refractivity contribution in [3.63, 3.8) is 0 Å². The minimum absolute atomic E-state index is 0.153. The average Bonchev–Trinajstić information content (AvgIpc) is 3.10. The first-order valence-corrected chi connectivity index (χ1v) is 8.07. The van der Waals surface area contributed by atoms with Crippen LogP contribution in [0.5, 0.6) is 0 Å². The lowest BCUT2D eigenvalue weighted by Gasteiger charge is -2.11. The second-order valence-electron chi connectivity index (χ2n) is 5.95. The summed E-state index contributed by atoms with van der Waals surface area (Å²) in [5.74, 6) is 0.970. The molecule has 2 unspecified atom stereocenters. The summed E-state index contributed by atoms with van der Waals surface area (Å²) >= 11 is 0. The molecule has 0 radical (unpaired) electrons. The number of nitrogens with one attached hydrogen (secondary N) is 1. The molecule has 2 N–H and O–H groups in total. The number of anilines is 1. The van der Waals surface area contributed by atoms with Crippen molar-refractivity contribution in [3.8, 4) is 0 Å². The first kappa shape index (κ1) is 15.7. The molecule has 2 aromatic heterocycles. The van der Waals surface area contributed by atoms with Gasteiger partial charge in [-0.3, -0.25) is 4.79 Å². The first-order chi connectivity index (χ1) is 11.1. The van der Waals surface area contributed by atoms with Crippen molar-refractivity contribution in [1.29, 1.82) is 0 Å². The molecule has 7 nitrogen and oxygen atoms in total. The Bertz CT molecular complexity index is 685. The van der Waals surface area contributed by atoms with Crippen molar-refractivity contribution in [1.82, 2.24) is 14.6 Å². The number of hydrogen-bond donors (Lipinski definition) is 2. The maximum Gasteiger partial charge on any atom is 0.311 e. The minimum atomic E-state index is -0.283. The molecule has 1 aliphatic carbocycles. The van der Waals surface area contributed by atoms with E-state index in [1.54, 1.807) is 17.6 Å². The fourth-order valence-electron chi connectivity index (χ4n) is 2.95. The molecule has 0 spiro atoms. The highest BCUT2D eigenvalue weighted by molar-refractivity contribution is 5.72. The SMILES string of the molecule is CCOC(=O)Cc1cn2nc(NCC3CCC(O)C3)ccc2n1. The highest BCUT2D eigenvalue weighted by atomic mass is 16.5. The van der Waals surface area contributed by atoms with E-state index in [0.717, 1.165) is 31.6 Å². The van der Waals surface area contributed by atoms with Crippen LogP contribution in [0.15, 0.2) is 18.3 Å². The van der Waals surface area contributed by atoms with Crippen LogP contribution >= 0.6 is 0 Å². The van der Waals surface area contributed by atoms with Crippen LogP contribution in [0.3, 0.4) is 0 Å². The average molecular weight is 318 g/mol. The Hall–Kier alpha value is -2.15. The van der Waals surface area contributed by atoms with E-state index in [1.165, 1.54) is 0 Å². The first-order valence-electron chi connectivity index (χ1n) is 8.07. The highest BCUT2D eigenvalue weighted by Crippen LogP contribution is 2.25. The third-order valence-corrected chi connectivity index (χ3v) is 4.09. The maximum atomic E-state index is 11.5. The van der Waals surface area contributed by atoms with Gasteiger partial charge in [0.15, 0.2) is 5.65 Å². The summed E-state index contributed by atoms with van der Waals surface area (Å²) in [5.41, 5.74) is 1.35. The molecular formula is C16H22N4O3. The predicted molar refractivity (Wildman–Crippen MR) is 85.2 cm³/mol. The molecule has 0 bridgehead atoms. The molecule has 1 aliphatic rings. The van der Waals surface area contributed by atoms with Crippen LogP contribution in [-0.4, -0.2) is 44.9 Å². The summed E-state index contributed by atoms with van der Waals surface area (Å²) in [7, 11) is 0. The van der Waals surface area contributed by atoms with Crippen LogP contribution in [0.1, 0.15) is 31.9 Å². The van der Waals surface area contributed by atoms with Crippen LogP contribution in [0.2, 0.25) is 0 Å². The number of rotatable bonds is 6. The Morgan fingerprint density at radius 3 is 3.09 bits per heavy atom. The van der Waals surface area contributed by atoms with E-state index in [9.17, 15) is 9.90 Å².